The first-order valence-electron chi connectivity index (χ1n) is 9.84. The van der Waals surface area contributed by atoms with Gasteiger partial charge in [0.25, 0.3) is 0 Å². The molecule has 0 bridgehead atoms. The Morgan fingerprint density at radius 3 is 2.06 bits per heavy atom. The highest BCUT2D eigenvalue weighted by Gasteiger charge is 2.30. The topological polar surface area (TPSA) is 119 Å². The van der Waals surface area contributed by atoms with Gasteiger partial charge in [-0.2, -0.15) is 0 Å². The van der Waals surface area contributed by atoms with E-state index in [0.717, 1.165) is 28.5 Å². The third-order valence-electron chi connectivity index (χ3n) is 5.06. The second-order valence-corrected chi connectivity index (χ2v) is 9.09. The Morgan fingerprint density at radius 1 is 1.00 bits per heavy atom. The molecule has 0 radical (unpaired) electrons. The molecule has 2 N–H and O–H groups in total. The summed E-state index contributed by atoms with van der Waals surface area (Å²) >= 11 is 0. The second kappa shape index (κ2) is 9.30. The van der Waals surface area contributed by atoms with Crippen molar-refractivity contribution in [2.45, 2.75) is 31.7 Å². The maximum Gasteiger partial charge on any atom is 0.407 e. The Kier molecular flexibility index (Phi) is 6.74. The quantitative estimate of drug-likeness (QED) is 0.645. The molecule has 0 aliphatic heterocycles. The molecule has 0 fully saturated rings. The van der Waals surface area contributed by atoms with Crippen LogP contribution in [0.3, 0.4) is 0 Å². The van der Waals surface area contributed by atoms with Gasteiger partial charge in [-0.05, 0) is 22.3 Å². The lowest BCUT2D eigenvalue weighted by Crippen LogP contribution is -2.45. The normalized spacial score (nSPS) is 13.6. The summed E-state index contributed by atoms with van der Waals surface area (Å²) < 4.78 is 29.6. The van der Waals surface area contributed by atoms with Gasteiger partial charge in [0.1, 0.15) is 6.61 Å². The molecule has 0 aromatic heterocycles. The van der Waals surface area contributed by atoms with E-state index in [1.807, 2.05) is 48.5 Å². The van der Waals surface area contributed by atoms with Crippen LogP contribution in [0.2, 0.25) is 0 Å². The number of Topliss-reactive ketones (excluding diaryl/α,β-unsaturated/α-hetero) is 1. The SMILES string of the molecule is CCC(=O)[C@@H](CC(=O)NS(C)(=O)=O)NC(=O)OCC1c2ccccc2-c2ccccc21. The van der Waals surface area contributed by atoms with Crippen LogP contribution < -0.4 is 10.0 Å². The predicted octanol–water partition coefficient (Wildman–Crippen LogP) is 2.34. The van der Waals surface area contributed by atoms with Crippen molar-refractivity contribution < 1.29 is 27.5 Å². The van der Waals surface area contributed by atoms with Crippen LogP contribution in [0.4, 0.5) is 4.79 Å². The van der Waals surface area contributed by atoms with Crippen molar-refractivity contribution in [3.63, 3.8) is 0 Å². The molecule has 2 aromatic rings. The van der Waals surface area contributed by atoms with Crippen LogP contribution in [0.5, 0.6) is 0 Å². The van der Waals surface area contributed by atoms with E-state index in [1.54, 1.807) is 11.6 Å². The average molecular weight is 445 g/mol. The Morgan fingerprint density at radius 2 is 1.55 bits per heavy atom. The second-order valence-electron chi connectivity index (χ2n) is 7.34. The van der Waals surface area contributed by atoms with Crippen molar-refractivity contribution >= 4 is 27.8 Å². The van der Waals surface area contributed by atoms with E-state index in [4.69, 9.17) is 4.74 Å². The van der Waals surface area contributed by atoms with Gasteiger partial charge >= 0.3 is 6.09 Å². The third kappa shape index (κ3) is 5.49. The van der Waals surface area contributed by atoms with E-state index in [0.29, 0.717) is 0 Å². The predicted molar refractivity (Wildman–Crippen MR) is 115 cm³/mol. The zero-order valence-corrected chi connectivity index (χ0v) is 18.1. The summed E-state index contributed by atoms with van der Waals surface area (Å²) in [6.45, 7) is 1.64. The molecule has 1 atom stereocenters. The largest absolute Gasteiger partial charge is 0.449 e. The van der Waals surface area contributed by atoms with Gasteiger partial charge in [0.2, 0.25) is 15.9 Å². The van der Waals surface area contributed by atoms with Gasteiger partial charge in [-0.1, -0.05) is 55.5 Å². The molecule has 164 valence electrons. The Labute approximate surface area is 181 Å². The monoisotopic (exact) mass is 444 g/mol. The number of hydrogen-bond donors (Lipinski definition) is 2. The van der Waals surface area contributed by atoms with Gasteiger partial charge in [-0.25, -0.2) is 13.2 Å². The molecule has 0 spiro atoms. The number of fused-ring (bicyclic) bond motifs is 3. The average Bonchev–Trinajstić information content (AvgIpc) is 3.03. The van der Waals surface area contributed by atoms with Crippen molar-refractivity contribution in [1.82, 2.24) is 10.0 Å². The summed E-state index contributed by atoms with van der Waals surface area (Å²) in [6, 6.07) is 14.6. The summed E-state index contributed by atoms with van der Waals surface area (Å²) in [7, 11) is -3.76. The van der Waals surface area contributed by atoms with Crippen LogP contribution in [-0.4, -0.2) is 45.1 Å². The minimum atomic E-state index is -3.76. The van der Waals surface area contributed by atoms with E-state index >= 15 is 0 Å². The van der Waals surface area contributed by atoms with E-state index < -0.39 is 40.3 Å². The fourth-order valence-electron chi connectivity index (χ4n) is 3.71. The number of ether oxygens (including phenoxy) is 1. The van der Waals surface area contributed by atoms with Crippen molar-refractivity contribution in [3.05, 3.63) is 59.7 Å². The van der Waals surface area contributed by atoms with Gasteiger partial charge < -0.3 is 10.1 Å². The Hall–Kier alpha value is -3.20. The Bertz CT molecular complexity index is 1070. The zero-order valence-electron chi connectivity index (χ0n) is 17.3. The first-order valence-corrected chi connectivity index (χ1v) is 11.7. The molecule has 2 aromatic carbocycles. The molecule has 0 saturated heterocycles. The Balaban J connectivity index is 1.67. The summed E-state index contributed by atoms with van der Waals surface area (Å²) in [5.74, 6) is -1.43. The molecule has 8 nitrogen and oxygen atoms in total. The first-order chi connectivity index (χ1) is 14.7. The number of nitrogens with one attached hydrogen (secondary N) is 2. The maximum atomic E-state index is 12.4. The van der Waals surface area contributed by atoms with Crippen LogP contribution in [-0.2, 0) is 24.3 Å². The zero-order chi connectivity index (χ0) is 22.6. The molecule has 3 rings (SSSR count). The third-order valence-corrected chi connectivity index (χ3v) is 5.66. The van der Waals surface area contributed by atoms with Crippen molar-refractivity contribution in [2.24, 2.45) is 0 Å². The van der Waals surface area contributed by atoms with Gasteiger partial charge in [0.15, 0.2) is 5.78 Å². The number of benzene rings is 2. The number of amides is 2. The molecule has 1 aliphatic rings. The number of ketones is 1. The highest BCUT2D eigenvalue weighted by atomic mass is 32.2. The van der Waals surface area contributed by atoms with Gasteiger partial charge in [-0.15, -0.1) is 0 Å². The first kappa shape index (κ1) is 22.5. The molecule has 2 amide bonds. The number of carbonyl (C=O) groups excluding carboxylic acids is 3. The minimum absolute atomic E-state index is 0.0580. The number of sulfonamides is 1. The maximum absolute atomic E-state index is 12.4. The lowest BCUT2D eigenvalue weighted by Gasteiger charge is -2.18. The molecule has 9 heteroatoms. The number of alkyl carbamates (subject to hydrolysis) is 1. The van der Waals surface area contributed by atoms with E-state index in [1.165, 1.54) is 0 Å². The van der Waals surface area contributed by atoms with Crippen molar-refractivity contribution in [1.29, 1.82) is 0 Å². The lowest BCUT2D eigenvalue weighted by atomic mass is 9.98. The van der Waals surface area contributed by atoms with Crippen molar-refractivity contribution in [3.8, 4) is 11.1 Å². The molecule has 1 aliphatic carbocycles. The van der Waals surface area contributed by atoms with E-state index in [-0.39, 0.29) is 18.9 Å². The van der Waals surface area contributed by atoms with Gasteiger partial charge in [0, 0.05) is 12.3 Å². The number of hydrogen-bond acceptors (Lipinski definition) is 6. The fourth-order valence-corrected chi connectivity index (χ4v) is 4.20. The lowest BCUT2D eigenvalue weighted by molar-refractivity contribution is -0.126. The summed E-state index contributed by atoms with van der Waals surface area (Å²) in [5.41, 5.74) is 4.27. The summed E-state index contributed by atoms with van der Waals surface area (Å²) in [4.78, 5) is 36.4. The highest BCUT2D eigenvalue weighted by Crippen LogP contribution is 2.44. The van der Waals surface area contributed by atoms with Crippen LogP contribution in [0.25, 0.3) is 11.1 Å². The molecule has 0 unspecified atom stereocenters. The molecular formula is C22H24N2O6S. The number of rotatable bonds is 8. The number of carbonyl (C=O) groups is 3. The molecular weight excluding hydrogens is 420 g/mol. The van der Waals surface area contributed by atoms with Crippen LogP contribution in [0, 0.1) is 0 Å². The van der Waals surface area contributed by atoms with E-state index in [2.05, 4.69) is 5.32 Å². The van der Waals surface area contributed by atoms with Crippen LogP contribution in [0.15, 0.2) is 48.5 Å². The van der Waals surface area contributed by atoms with Gasteiger partial charge in [-0.3, -0.25) is 14.3 Å². The summed E-state index contributed by atoms with van der Waals surface area (Å²) in [6.07, 6.45) is -0.439. The standard InChI is InChI=1S/C22H24N2O6S/c1-3-20(25)19(12-21(26)24-31(2,28)29)23-22(27)30-13-18-16-10-6-4-8-14(16)15-9-5-7-11-17(15)18/h4-11,18-19H,3,12-13H2,1-2H3,(H,23,27)(H,24,26)/t19-/m1/s1. The van der Waals surface area contributed by atoms with Gasteiger partial charge in [0.05, 0.1) is 18.7 Å². The summed E-state index contributed by atoms with van der Waals surface area (Å²) in [5, 5.41) is 2.39. The van der Waals surface area contributed by atoms with E-state index in [9.17, 15) is 22.8 Å². The minimum Gasteiger partial charge on any atom is -0.449 e. The van der Waals surface area contributed by atoms with Crippen LogP contribution >= 0.6 is 0 Å². The molecule has 0 heterocycles. The fraction of sp³-hybridized carbons (Fsp3) is 0.318. The molecule has 31 heavy (non-hydrogen) atoms. The van der Waals surface area contributed by atoms with Crippen molar-refractivity contribution in [2.75, 3.05) is 12.9 Å². The highest BCUT2D eigenvalue weighted by molar-refractivity contribution is 7.89. The van der Waals surface area contributed by atoms with Crippen LogP contribution in [0.1, 0.15) is 36.8 Å². The molecule has 0 saturated carbocycles. The smallest absolute Gasteiger partial charge is 0.407 e.